The fraction of sp³-hybridized carbons (Fsp3) is 0.0714. The van der Waals surface area contributed by atoms with Crippen molar-refractivity contribution in [1.82, 2.24) is 0 Å². The summed E-state index contributed by atoms with van der Waals surface area (Å²) in [6, 6.07) is 7.57. The van der Waals surface area contributed by atoms with Crippen molar-refractivity contribution in [1.29, 1.82) is 5.26 Å². The van der Waals surface area contributed by atoms with Gasteiger partial charge in [-0.15, -0.1) is 0 Å². The Labute approximate surface area is 125 Å². The summed E-state index contributed by atoms with van der Waals surface area (Å²) in [5, 5.41) is 8.77. The Morgan fingerprint density at radius 1 is 1.09 bits per heavy atom. The van der Waals surface area contributed by atoms with E-state index < -0.39 is 26.6 Å². The molecule has 0 N–H and O–H groups in total. The van der Waals surface area contributed by atoms with E-state index in [9.17, 15) is 17.2 Å². The van der Waals surface area contributed by atoms with E-state index in [4.69, 9.17) is 14.2 Å². The van der Waals surface area contributed by atoms with Crippen LogP contribution in [0.1, 0.15) is 5.56 Å². The second-order valence-corrected chi connectivity index (χ2v) is 5.60. The summed E-state index contributed by atoms with van der Waals surface area (Å²) in [7, 11) is -3.35. The Morgan fingerprint density at radius 3 is 2.45 bits per heavy atom. The lowest BCUT2D eigenvalue weighted by Gasteiger charge is -2.11. The third-order valence-corrected chi connectivity index (χ3v) is 3.91. The number of benzene rings is 2. The molecule has 2 aromatic rings. The molecule has 0 unspecified atom stereocenters. The van der Waals surface area contributed by atoms with Crippen LogP contribution in [0.15, 0.2) is 41.3 Å². The van der Waals surface area contributed by atoms with Crippen LogP contribution in [0, 0.1) is 23.0 Å². The maximum atomic E-state index is 13.6. The van der Waals surface area contributed by atoms with Gasteiger partial charge >= 0.3 is 10.1 Å². The van der Waals surface area contributed by atoms with Gasteiger partial charge in [-0.1, -0.05) is 0 Å². The van der Waals surface area contributed by atoms with Crippen LogP contribution in [0.3, 0.4) is 0 Å². The molecule has 0 spiro atoms. The number of rotatable bonds is 4. The molecule has 0 amide bonds. The molecule has 0 aliphatic heterocycles. The molecule has 0 aliphatic rings. The molecule has 0 atom stereocenters. The average Bonchev–Trinajstić information content (AvgIpc) is 2.49. The summed E-state index contributed by atoms with van der Waals surface area (Å²) in [6.45, 7) is 0. The normalized spacial score (nSPS) is 10.8. The van der Waals surface area contributed by atoms with Crippen LogP contribution in [-0.2, 0) is 10.1 Å². The van der Waals surface area contributed by atoms with Gasteiger partial charge in [0, 0.05) is 6.07 Å². The monoisotopic (exact) mass is 325 g/mol. The highest BCUT2D eigenvalue weighted by Gasteiger charge is 2.24. The number of methoxy groups -OCH3 is 1. The van der Waals surface area contributed by atoms with E-state index in [1.165, 1.54) is 25.3 Å². The highest BCUT2D eigenvalue weighted by molar-refractivity contribution is 7.87. The molecule has 2 rings (SSSR count). The molecule has 5 nitrogen and oxygen atoms in total. The first-order valence-electron chi connectivity index (χ1n) is 5.85. The summed E-state index contributed by atoms with van der Waals surface area (Å²) in [5.41, 5.74) is 0.221. The van der Waals surface area contributed by atoms with Gasteiger partial charge in [-0.05, 0) is 30.3 Å². The molecular formula is C14H9F2NO4S. The van der Waals surface area contributed by atoms with Crippen molar-refractivity contribution in [2.45, 2.75) is 4.90 Å². The minimum Gasteiger partial charge on any atom is -0.493 e. The minimum absolute atomic E-state index is 0.0283. The molecule has 0 saturated heterocycles. The van der Waals surface area contributed by atoms with Gasteiger partial charge in [-0.2, -0.15) is 13.7 Å². The molecule has 22 heavy (non-hydrogen) atoms. The highest BCUT2D eigenvalue weighted by atomic mass is 32.2. The third-order valence-electron chi connectivity index (χ3n) is 2.65. The SMILES string of the molecule is COc1cc(C#N)ccc1OS(=O)(=O)c1cc(F)ccc1F. The van der Waals surface area contributed by atoms with E-state index in [1.54, 1.807) is 0 Å². The first-order valence-corrected chi connectivity index (χ1v) is 7.26. The summed E-state index contributed by atoms with van der Waals surface area (Å²) < 4.78 is 60.5. The maximum Gasteiger partial charge on any atom is 0.342 e. The van der Waals surface area contributed by atoms with Crippen molar-refractivity contribution in [3.8, 4) is 17.6 Å². The second kappa shape index (κ2) is 5.99. The minimum atomic E-state index is -4.60. The first kappa shape index (κ1) is 15.7. The highest BCUT2D eigenvalue weighted by Crippen LogP contribution is 2.31. The van der Waals surface area contributed by atoms with Crippen LogP contribution in [0.25, 0.3) is 0 Å². The molecular weight excluding hydrogens is 316 g/mol. The molecule has 0 radical (unpaired) electrons. The van der Waals surface area contributed by atoms with Crippen LogP contribution in [-0.4, -0.2) is 15.5 Å². The fourth-order valence-electron chi connectivity index (χ4n) is 1.64. The lowest BCUT2D eigenvalue weighted by atomic mass is 10.2. The third kappa shape index (κ3) is 3.15. The predicted octanol–water partition coefficient (Wildman–Crippen LogP) is 2.61. The predicted molar refractivity (Wildman–Crippen MR) is 71.9 cm³/mol. The Bertz CT molecular complexity index is 860. The Morgan fingerprint density at radius 2 is 1.82 bits per heavy atom. The van der Waals surface area contributed by atoms with Crippen LogP contribution < -0.4 is 8.92 Å². The Balaban J connectivity index is 2.45. The van der Waals surface area contributed by atoms with Crippen LogP contribution in [0.2, 0.25) is 0 Å². The molecule has 114 valence electrons. The van der Waals surface area contributed by atoms with Crippen molar-refractivity contribution in [3.05, 3.63) is 53.6 Å². The average molecular weight is 325 g/mol. The van der Waals surface area contributed by atoms with Crippen molar-refractivity contribution in [3.63, 3.8) is 0 Å². The smallest absolute Gasteiger partial charge is 0.342 e. The number of halogens is 2. The summed E-state index contributed by atoms with van der Waals surface area (Å²) >= 11 is 0. The van der Waals surface area contributed by atoms with Gasteiger partial charge in [-0.3, -0.25) is 0 Å². The quantitative estimate of drug-likeness (QED) is 0.808. The zero-order chi connectivity index (χ0) is 16.3. The molecule has 0 bridgehead atoms. The van der Waals surface area contributed by atoms with Gasteiger partial charge < -0.3 is 8.92 Å². The van der Waals surface area contributed by atoms with E-state index in [2.05, 4.69) is 0 Å². The zero-order valence-electron chi connectivity index (χ0n) is 11.2. The molecule has 0 fully saturated rings. The summed E-state index contributed by atoms with van der Waals surface area (Å²) in [6.07, 6.45) is 0. The molecule has 8 heteroatoms. The number of nitrogens with zero attached hydrogens (tertiary/aromatic N) is 1. The van der Waals surface area contributed by atoms with Crippen molar-refractivity contribution >= 4 is 10.1 Å². The van der Waals surface area contributed by atoms with Crippen molar-refractivity contribution in [2.24, 2.45) is 0 Å². The van der Waals surface area contributed by atoms with E-state index in [-0.39, 0.29) is 17.1 Å². The summed E-state index contributed by atoms with van der Waals surface area (Å²) in [5.74, 6) is -2.34. The molecule has 0 aliphatic carbocycles. The Hall–Kier alpha value is -2.66. The molecule has 0 saturated carbocycles. The van der Waals surface area contributed by atoms with E-state index in [0.29, 0.717) is 12.1 Å². The zero-order valence-corrected chi connectivity index (χ0v) is 12.0. The molecule has 2 aromatic carbocycles. The maximum absolute atomic E-state index is 13.6. The van der Waals surface area contributed by atoms with Crippen LogP contribution >= 0.6 is 0 Å². The molecule has 0 aromatic heterocycles. The lowest BCUT2D eigenvalue weighted by molar-refractivity contribution is 0.389. The topological polar surface area (TPSA) is 76.4 Å². The number of ether oxygens (including phenoxy) is 1. The van der Waals surface area contributed by atoms with Crippen molar-refractivity contribution < 1.29 is 26.1 Å². The lowest BCUT2D eigenvalue weighted by Crippen LogP contribution is -2.12. The standard InChI is InChI=1S/C14H9F2NO4S/c1-20-13-6-9(8-17)2-5-12(13)21-22(18,19)14-7-10(15)3-4-11(14)16/h2-7H,1H3. The van der Waals surface area contributed by atoms with E-state index >= 15 is 0 Å². The van der Waals surface area contributed by atoms with Gasteiger partial charge in [0.25, 0.3) is 0 Å². The van der Waals surface area contributed by atoms with Gasteiger partial charge in [0.2, 0.25) is 0 Å². The summed E-state index contributed by atoms with van der Waals surface area (Å²) in [4.78, 5) is -0.932. The van der Waals surface area contributed by atoms with E-state index in [1.807, 2.05) is 6.07 Å². The fourth-order valence-corrected chi connectivity index (χ4v) is 2.67. The van der Waals surface area contributed by atoms with Gasteiger partial charge in [-0.25, -0.2) is 8.78 Å². The number of hydrogen-bond acceptors (Lipinski definition) is 5. The first-order chi connectivity index (χ1) is 10.4. The van der Waals surface area contributed by atoms with Gasteiger partial charge in [0.05, 0.1) is 18.7 Å². The Kier molecular flexibility index (Phi) is 4.28. The largest absolute Gasteiger partial charge is 0.493 e. The van der Waals surface area contributed by atoms with Crippen molar-refractivity contribution in [2.75, 3.05) is 7.11 Å². The van der Waals surface area contributed by atoms with E-state index in [0.717, 1.165) is 6.07 Å². The number of hydrogen-bond donors (Lipinski definition) is 0. The van der Waals surface area contributed by atoms with Crippen LogP contribution in [0.5, 0.6) is 11.5 Å². The van der Waals surface area contributed by atoms with Gasteiger partial charge in [0.1, 0.15) is 16.5 Å². The van der Waals surface area contributed by atoms with Gasteiger partial charge in [0.15, 0.2) is 11.5 Å². The number of nitriles is 1. The molecule has 0 heterocycles. The second-order valence-electron chi connectivity index (χ2n) is 4.09. The van der Waals surface area contributed by atoms with Crippen LogP contribution in [0.4, 0.5) is 8.78 Å².